The Balaban J connectivity index is 0.000000161. The first-order chi connectivity index (χ1) is 29.2. The SMILES string of the molecule is CC(C)Cc1cc2c(-c3cc4ccccc4c4ccccc34)cccc2[cH-]1.CC(C)Cc1cc2c(-c3cc4ccccc4c4ccccc34)cccc2[cH-]1.C[Si]C.[Cl][Zr+2][Cl]. The first kappa shape index (κ1) is 43.8. The van der Waals surface area contributed by atoms with Crippen LogP contribution in [0.15, 0.2) is 170 Å². The Hall–Kier alpha value is -4.30. The van der Waals surface area contributed by atoms with Crippen molar-refractivity contribution in [1.82, 2.24) is 0 Å². The number of rotatable bonds is 6. The zero-order valence-electron chi connectivity index (χ0n) is 35.5. The molecule has 0 nitrogen and oxygen atoms in total. The van der Waals surface area contributed by atoms with Gasteiger partial charge in [0.05, 0.1) is 0 Å². The predicted molar refractivity (Wildman–Crippen MR) is 266 cm³/mol. The van der Waals surface area contributed by atoms with Crippen molar-refractivity contribution in [3.8, 4) is 22.3 Å². The molecule has 0 fully saturated rings. The summed E-state index contributed by atoms with van der Waals surface area (Å²) in [5, 5.41) is 16.0. The Labute approximate surface area is 377 Å². The molecule has 4 heteroatoms. The van der Waals surface area contributed by atoms with Gasteiger partial charge in [-0.3, -0.25) is 0 Å². The van der Waals surface area contributed by atoms with Gasteiger partial charge in [0.15, 0.2) is 0 Å². The van der Waals surface area contributed by atoms with E-state index in [1.54, 1.807) is 0 Å². The Kier molecular flexibility index (Phi) is 15.0. The molecule has 10 rings (SSSR count). The molecule has 0 saturated heterocycles. The summed E-state index contributed by atoms with van der Waals surface area (Å²) in [6.45, 7) is 13.5. The molecule has 0 aromatic heterocycles. The molecule has 60 heavy (non-hydrogen) atoms. The Bertz CT molecular complexity index is 2800. The van der Waals surface area contributed by atoms with E-state index in [2.05, 4.69) is 211 Å². The van der Waals surface area contributed by atoms with Crippen molar-refractivity contribution in [2.75, 3.05) is 0 Å². The van der Waals surface area contributed by atoms with Crippen molar-refractivity contribution in [3.63, 3.8) is 0 Å². The fraction of sp³-hybridized carbons (Fsp3) is 0.179. The first-order valence-corrected chi connectivity index (χ1v) is 29.3. The average Bonchev–Trinajstić information content (AvgIpc) is 3.86. The van der Waals surface area contributed by atoms with Gasteiger partial charge >= 0.3 is 37.9 Å². The molecule has 0 aliphatic rings. The second-order valence-corrected chi connectivity index (χ2v) is 21.2. The third kappa shape index (κ3) is 9.75. The predicted octanol–water partition coefficient (Wildman–Crippen LogP) is 17.6. The molecular weight excluding hydrogens is 863 g/mol. The van der Waals surface area contributed by atoms with E-state index < -0.39 is 20.8 Å². The number of hydrogen-bond acceptors (Lipinski definition) is 0. The van der Waals surface area contributed by atoms with Crippen LogP contribution in [-0.4, -0.2) is 9.52 Å². The van der Waals surface area contributed by atoms with Gasteiger partial charge in [-0.1, -0.05) is 161 Å². The van der Waals surface area contributed by atoms with Gasteiger partial charge in [0.1, 0.15) is 0 Å². The molecule has 0 unspecified atom stereocenters. The van der Waals surface area contributed by atoms with Crippen molar-refractivity contribution in [1.29, 1.82) is 0 Å². The summed E-state index contributed by atoms with van der Waals surface area (Å²) >= 11 is -0.826. The quantitative estimate of drug-likeness (QED) is 0.0886. The minimum absolute atomic E-state index is 0.673. The number of halogens is 2. The van der Waals surface area contributed by atoms with E-state index in [0.717, 1.165) is 22.4 Å². The van der Waals surface area contributed by atoms with Gasteiger partial charge in [0.2, 0.25) is 0 Å². The first-order valence-electron chi connectivity index (χ1n) is 21.0. The van der Waals surface area contributed by atoms with Gasteiger partial charge in [-0.25, -0.2) is 0 Å². The van der Waals surface area contributed by atoms with Crippen LogP contribution in [0.1, 0.15) is 38.8 Å². The summed E-state index contributed by atoms with van der Waals surface area (Å²) < 4.78 is 0. The van der Waals surface area contributed by atoms with E-state index in [9.17, 15) is 0 Å². The van der Waals surface area contributed by atoms with Gasteiger partial charge in [0.25, 0.3) is 0 Å². The molecule has 0 N–H and O–H groups in total. The second kappa shape index (κ2) is 20.5. The molecule has 298 valence electrons. The van der Waals surface area contributed by atoms with E-state index in [-0.39, 0.29) is 0 Å². The standard InChI is InChI=1S/2C27H23.C2H6Si.2ClH.Zr/c2*1-18(2)14-19-15-20-9-7-13-25(26(20)16-19)27-17-21-8-3-4-10-22(21)23-11-5-6-12-24(23)27;1-3-2;;;/h2*3-13,15-18H,14H2,1-2H3;1-2H3;2*1H;/q2*-1;;;;+4/p-2. The fourth-order valence-electron chi connectivity index (χ4n) is 8.80. The van der Waals surface area contributed by atoms with Crippen molar-refractivity contribution >= 4 is 91.2 Å². The van der Waals surface area contributed by atoms with Crippen molar-refractivity contribution in [2.45, 2.75) is 53.6 Å². The average molecular weight is 915 g/mol. The maximum absolute atomic E-state index is 4.93. The van der Waals surface area contributed by atoms with Gasteiger partial charge in [0, 0.05) is 9.52 Å². The molecule has 0 amide bonds. The minimum atomic E-state index is -0.826. The second-order valence-electron chi connectivity index (χ2n) is 16.5. The summed E-state index contributed by atoms with van der Waals surface area (Å²) in [6.07, 6.45) is 2.26. The van der Waals surface area contributed by atoms with Crippen LogP contribution in [0.3, 0.4) is 0 Å². The molecular formula is C56H52Cl2SiZr. The van der Waals surface area contributed by atoms with Crippen LogP contribution in [0.4, 0.5) is 0 Å². The van der Waals surface area contributed by atoms with E-state index >= 15 is 0 Å². The van der Waals surface area contributed by atoms with Crippen molar-refractivity contribution < 1.29 is 20.8 Å². The van der Waals surface area contributed by atoms with Gasteiger partial charge < -0.3 is 0 Å². The van der Waals surface area contributed by atoms with Crippen molar-refractivity contribution in [3.05, 3.63) is 181 Å². The van der Waals surface area contributed by atoms with E-state index in [4.69, 9.17) is 17.0 Å². The molecule has 0 heterocycles. The summed E-state index contributed by atoms with van der Waals surface area (Å²) in [5.41, 5.74) is 8.22. The molecule has 0 aliphatic heterocycles. The third-order valence-electron chi connectivity index (χ3n) is 11.0. The van der Waals surface area contributed by atoms with E-state index in [1.807, 2.05) is 0 Å². The Morgan fingerprint density at radius 3 is 1.12 bits per heavy atom. The summed E-state index contributed by atoms with van der Waals surface area (Å²) in [7, 11) is 11.0. The molecule has 0 saturated carbocycles. The summed E-state index contributed by atoms with van der Waals surface area (Å²) in [5.74, 6) is 1.35. The third-order valence-corrected chi connectivity index (χ3v) is 11.0. The number of benzene rings is 8. The van der Waals surface area contributed by atoms with Gasteiger partial charge in [-0.15, -0.1) is 69.1 Å². The molecule has 0 bridgehead atoms. The molecule has 10 aromatic carbocycles. The monoisotopic (exact) mass is 912 g/mol. The molecule has 0 atom stereocenters. The summed E-state index contributed by atoms with van der Waals surface area (Å²) in [4.78, 5) is 0. The molecule has 0 aliphatic carbocycles. The van der Waals surface area contributed by atoms with E-state index in [1.165, 1.54) is 98.0 Å². The van der Waals surface area contributed by atoms with Crippen LogP contribution >= 0.6 is 17.0 Å². The topological polar surface area (TPSA) is 0 Å². The Morgan fingerprint density at radius 2 is 0.750 bits per heavy atom. The van der Waals surface area contributed by atoms with Crippen LogP contribution in [0.2, 0.25) is 13.1 Å². The van der Waals surface area contributed by atoms with E-state index in [0.29, 0.717) is 11.8 Å². The van der Waals surface area contributed by atoms with Crippen LogP contribution < -0.4 is 0 Å². The van der Waals surface area contributed by atoms with Gasteiger partial charge in [-0.05, 0) is 91.0 Å². The fourth-order valence-corrected chi connectivity index (χ4v) is 8.80. The normalized spacial score (nSPS) is 11.1. The maximum atomic E-state index is 4.93. The van der Waals surface area contributed by atoms with Crippen LogP contribution in [-0.2, 0) is 33.7 Å². The van der Waals surface area contributed by atoms with Gasteiger partial charge in [-0.2, -0.15) is 12.1 Å². The van der Waals surface area contributed by atoms with Crippen LogP contribution in [0.5, 0.6) is 0 Å². The number of hydrogen-bond donors (Lipinski definition) is 0. The zero-order chi connectivity index (χ0) is 42.2. The molecule has 2 radical (unpaired) electrons. The van der Waals surface area contributed by atoms with Crippen LogP contribution in [0, 0.1) is 11.8 Å². The molecule has 10 aromatic rings. The van der Waals surface area contributed by atoms with Crippen LogP contribution in [0.25, 0.3) is 86.9 Å². The molecule has 0 spiro atoms. The Morgan fingerprint density at radius 1 is 0.417 bits per heavy atom. The summed E-state index contributed by atoms with van der Waals surface area (Å²) in [6, 6.07) is 62.7. The number of fused-ring (bicyclic) bond motifs is 8. The zero-order valence-corrected chi connectivity index (χ0v) is 40.5. The van der Waals surface area contributed by atoms with Crippen molar-refractivity contribution in [2.24, 2.45) is 11.8 Å².